The molecule has 20 heavy (non-hydrogen) atoms. The average Bonchev–Trinajstić information content (AvgIpc) is 2.90. The van der Waals surface area contributed by atoms with Crippen LogP contribution in [0.3, 0.4) is 0 Å². The third-order valence-corrected chi connectivity index (χ3v) is 4.20. The van der Waals surface area contributed by atoms with Crippen LogP contribution in [0, 0.1) is 0 Å². The summed E-state index contributed by atoms with van der Waals surface area (Å²) in [4.78, 5) is 12.8. The van der Waals surface area contributed by atoms with Gasteiger partial charge in [0.15, 0.2) is 0 Å². The molecule has 2 N–H and O–H groups in total. The summed E-state index contributed by atoms with van der Waals surface area (Å²) in [5.41, 5.74) is -0.582. The van der Waals surface area contributed by atoms with Crippen molar-refractivity contribution in [2.24, 2.45) is 0 Å². The van der Waals surface area contributed by atoms with Crippen molar-refractivity contribution in [3.63, 3.8) is 0 Å². The molecule has 2 aromatic rings. The van der Waals surface area contributed by atoms with Gasteiger partial charge in [0.1, 0.15) is 5.60 Å². The molecule has 0 saturated carbocycles. The first-order valence-corrected chi connectivity index (χ1v) is 7.51. The molecule has 1 aromatic carbocycles. The van der Waals surface area contributed by atoms with E-state index in [0.29, 0.717) is 17.0 Å². The fourth-order valence-electron chi connectivity index (χ4n) is 1.90. The first-order chi connectivity index (χ1) is 9.49. The van der Waals surface area contributed by atoms with Gasteiger partial charge in [-0.15, -0.1) is 11.3 Å². The molecule has 1 aromatic heterocycles. The molecule has 5 heteroatoms. The van der Waals surface area contributed by atoms with Crippen molar-refractivity contribution >= 4 is 28.8 Å². The number of carbonyl (C=O) groups excluding carboxylic acids is 1. The second-order valence-electron chi connectivity index (χ2n) is 4.79. The van der Waals surface area contributed by atoms with Crippen molar-refractivity contribution in [3.05, 3.63) is 57.2 Å². The summed E-state index contributed by atoms with van der Waals surface area (Å²) in [5, 5.41) is 15.6. The molecule has 1 heterocycles. The fourth-order valence-corrected chi connectivity index (χ4v) is 2.94. The summed E-state index contributed by atoms with van der Waals surface area (Å²) in [7, 11) is 0. The van der Waals surface area contributed by atoms with Crippen molar-refractivity contribution in [2.75, 3.05) is 6.54 Å². The number of carbonyl (C=O) groups is 1. The van der Waals surface area contributed by atoms with Gasteiger partial charge in [-0.2, -0.15) is 0 Å². The number of hydrogen-bond donors (Lipinski definition) is 2. The van der Waals surface area contributed by atoms with Crippen LogP contribution in [0.1, 0.15) is 17.4 Å². The topological polar surface area (TPSA) is 49.3 Å². The van der Waals surface area contributed by atoms with E-state index in [1.165, 1.54) is 11.3 Å². The normalized spacial score (nSPS) is 13.8. The van der Waals surface area contributed by atoms with Gasteiger partial charge in [0.2, 0.25) is 5.91 Å². The van der Waals surface area contributed by atoms with Crippen LogP contribution in [-0.2, 0) is 16.8 Å². The first-order valence-electron chi connectivity index (χ1n) is 6.25. The third kappa shape index (κ3) is 3.82. The number of rotatable bonds is 5. The maximum absolute atomic E-state index is 11.8. The maximum atomic E-state index is 11.8. The lowest BCUT2D eigenvalue weighted by molar-refractivity contribution is -0.121. The average molecular weight is 310 g/mol. The molecule has 0 spiro atoms. The fraction of sp³-hybridized carbons (Fsp3) is 0.267. The van der Waals surface area contributed by atoms with Crippen molar-refractivity contribution in [1.82, 2.24) is 5.32 Å². The minimum atomic E-state index is -1.19. The summed E-state index contributed by atoms with van der Waals surface area (Å²) in [6.45, 7) is 1.76. The molecule has 0 saturated heterocycles. The van der Waals surface area contributed by atoms with E-state index in [0.717, 1.165) is 4.88 Å². The minimum Gasteiger partial charge on any atom is -0.384 e. The predicted octanol–water partition coefficient (Wildman–Crippen LogP) is 2.97. The molecular weight excluding hydrogens is 294 g/mol. The Labute approximate surface area is 127 Å². The summed E-state index contributed by atoms with van der Waals surface area (Å²) in [6, 6.07) is 10.9. The molecule has 106 valence electrons. The quantitative estimate of drug-likeness (QED) is 0.892. The molecule has 1 amide bonds. The van der Waals surface area contributed by atoms with Crippen molar-refractivity contribution in [3.8, 4) is 0 Å². The standard InChI is InChI=1S/C15H16ClNO2S/c1-15(19,12-6-2-3-7-13(12)16)10-17-14(18)9-11-5-4-8-20-11/h2-8,19H,9-10H2,1H3,(H,17,18)/t15-/m0/s1. The predicted molar refractivity (Wildman–Crippen MR) is 82.1 cm³/mol. The van der Waals surface area contributed by atoms with Gasteiger partial charge in [-0.25, -0.2) is 0 Å². The molecule has 0 aliphatic carbocycles. The van der Waals surface area contributed by atoms with E-state index >= 15 is 0 Å². The highest BCUT2D eigenvalue weighted by molar-refractivity contribution is 7.10. The summed E-state index contributed by atoms with van der Waals surface area (Å²) < 4.78 is 0. The zero-order valence-corrected chi connectivity index (χ0v) is 12.7. The highest BCUT2D eigenvalue weighted by Crippen LogP contribution is 2.27. The van der Waals surface area contributed by atoms with Crippen molar-refractivity contribution < 1.29 is 9.90 Å². The first kappa shape index (κ1) is 15.0. The van der Waals surface area contributed by atoms with Crippen LogP contribution in [0.2, 0.25) is 5.02 Å². The second-order valence-corrected chi connectivity index (χ2v) is 6.23. The number of aliphatic hydroxyl groups is 1. The molecule has 2 rings (SSSR count). The maximum Gasteiger partial charge on any atom is 0.225 e. The van der Waals surface area contributed by atoms with Crippen LogP contribution in [0.25, 0.3) is 0 Å². The van der Waals surface area contributed by atoms with Crippen LogP contribution in [0.15, 0.2) is 41.8 Å². The summed E-state index contributed by atoms with van der Waals surface area (Å²) >= 11 is 7.61. The van der Waals surface area contributed by atoms with E-state index in [4.69, 9.17) is 11.6 Å². The van der Waals surface area contributed by atoms with Gasteiger partial charge < -0.3 is 10.4 Å². The lowest BCUT2D eigenvalue weighted by Gasteiger charge is -2.25. The number of hydrogen-bond acceptors (Lipinski definition) is 3. The van der Waals surface area contributed by atoms with Gasteiger partial charge in [-0.1, -0.05) is 35.9 Å². The zero-order chi connectivity index (χ0) is 14.6. The number of nitrogens with one attached hydrogen (secondary N) is 1. The lowest BCUT2D eigenvalue weighted by Crippen LogP contribution is -2.39. The zero-order valence-electron chi connectivity index (χ0n) is 11.1. The Morgan fingerprint density at radius 3 is 2.75 bits per heavy atom. The van der Waals surface area contributed by atoms with Crippen molar-refractivity contribution in [1.29, 1.82) is 0 Å². The van der Waals surface area contributed by atoms with Crippen molar-refractivity contribution in [2.45, 2.75) is 18.9 Å². The minimum absolute atomic E-state index is 0.111. The molecule has 0 aliphatic heterocycles. The smallest absolute Gasteiger partial charge is 0.225 e. The summed E-state index contributed by atoms with van der Waals surface area (Å²) in [5.74, 6) is -0.111. The van der Waals surface area contributed by atoms with Crippen LogP contribution in [0.5, 0.6) is 0 Å². The molecule has 0 aliphatic rings. The van der Waals surface area contributed by atoms with E-state index < -0.39 is 5.60 Å². The molecule has 0 radical (unpaired) electrons. The van der Waals surface area contributed by atoms with E-state index in [1.807, 2.05) is 23.6 Å². The van der Waals surface area contributed by atoms with Gasteiger partial charge in [0.25, 0.3) is 0 Å². The highest BCUT2D eigenvalue weighted by Gasteiger charge is 2.26. The van der Waals surface area contributed by atoms with Gasteiger partial charge in [0.05, 0.1) is 13.0 Å². The van der Waals surface area contributed by atoms with Gasteiger partial charge in [-0.05, 0) is 24.4 Å². The molecule has 0 unspecified atom stereocenters. The number of amides is 1. The monoisotopic (exact) mass is 309 g/mol. The van der Waals surface area contributed by atoms with E-state index in [2.05, 4.69) is 5.32 Å². The molecular formula is C15H16ClNO2S. The van der Waals surface area contributed by atoms with Crippen LogP contribution in [-0.4, -0.2) is 17.6 Å². The Morgan fingerprint density at radius 2 is 2.10 bits per heavy atom. The van der Waals surface area contributed by atoms with Crippen LogP contribution < -0.4 is 5.32 Å². The van der Waals surface area contributed by atoms with E-state index in [9.17, 15) is 9.90 Å². The van der Waals surface area contributed by atoms with Gasteiger partial charge in [-0.3, -0.25) is 4.79 Å². The largest absolute Gasteiger partial charge is 0.384 e. The van der Waals surface area contributed by atoms with E-state index in [1.54, 1.807) is 25.1 Å². The molecule has 0 bridgehead atoms. The Bertz CT molecular complexity index is 581. The number of benzene rings is 1. The molecule has 3 nitrogen and oxygen atoms in total. The lowest BCUT2D eigenvalue weighted by atomic mass is 9.96. The molecule has 0 fully saturated rings. The Morgan fingerprint density at radius 1 is 1.35 bits per heavy atom. The summed E-state index contributed by atoms with van der Waals surface area (Å²) in [6.07, 6.45) is 0.330. The molecule has 1 atom stereocenters. The van der Waals surface area contributed by atoms with Crippen LogP contribution >= 0.6 is 22.9 Å². The van der Waals surface area contributed by atoms with E-state index in [-0.39, 0.29) is 12.5 Å². The Hall–Kier alpha value is -1.36. The SMILES string of the molecule is C[C@](O)(CNC(=O)Cc1cccs1)c1ccccc1Cl. The number of thiophene rings is 1. The Kier molecular flexibility index (Phi) is 4.81. The third-order valence-electron chi connectivity index (χ3n) is 3.00. The Balaban J connectivity index is 1.95. The van der Waals surface area contributed by atoms with Gasteiger partial charge >= 0.3 is 0 Å². The van der Waals surface area contributed by atoms with Gasteiger partial charge in [0, 0.05) is 15.5 Å². The van der Waals surface area contributed by atoms with Crippen LogP contribution in [0.4, 0.5) is 0 Å². The second kappa shape index (κ2) is 6.39. The number of halogens is 1. The highest BCUT2D eigenvalue weighted by atomic mass is 35.5.